The minimum Gasteiger partial charge on any atom is -0.477 e. The second kappa shape index (κ2) is 9.72. The summed E-state index contributed by atoms with van der Waals surface area (Å²) in [6.07, 6.45) is 6.42. The Hall–Kier alpha value is -4.36. The van der Waals surface area contributed by atoms with Crippen molar-refractivity contribution in [2.24, 2.45) is 0 Å². The zero-order valence-corrected chi connectivity index (χ0v) is 16.3. The molecular weight excluding hydrogens is 372 g/mol. The zero-order chi connectivity index (χ0) is 21.3. The van der Waals surface area contributed by atoms with Crippen molar-refractivity contribution in [2.45, 2.75) is 0 Å². The average molecular weight is 392 g/mol. The summed E-state index contributed by atoms with van der Waals surface area (Å²) in [5.74, 6) is -1.24. The van der Waals surface area contributed by atoms with Crippen LogP contribution in [-0.2, 0) is 4.79 Å². The van der Waals surface area contributed by atoms with Crippen molar-refractivity contribution in [3.05, 3.63) is 114 Å². The third kappa shape index (κ3) is 4.92. The van der Waals surface area contributed by atoms with Crippen molar-refractivity contribution >= 4 is 35.2 Å². The molecule has 0 radical (unpaired) electrons. The highest BCUT2D eigenvalue weighted by atomic mass is 16.4. The van der Waals surface area contributed by atoms with Crippen LogP contribution in [0.2, 0.25) is 0 Å². The van der Waals surface area contributed by atoms with Crippen LogP contribution in [-0.4, -0.2) is 11.1 Å². The van der Waals surface area contributed by atoms with Gasteiger partial charge in [0.15, 0.2) is 0 Å². The van der Waals surface area contributed by atoms with Crippen LogP contribution in [0, 0.1) is 11.3 Å². The highest BCUT2D eigenvalue weighted by Gasteiger charge is 2.11. The third-order valence-electron chi connectivity index (χ3n) is 4.46. The summed E-state index contributed by atoms with van der Waals surface area (Å²) in [5, 5.41) is 17.7. The largest absolute Gasteiger partial charge is 0.477 e. The molecule has 3 rings (SSSR count). The first-order valence-corrected chi connectivity index (χ1v) is 9.32. The smallest absolute Gasteiger partial charge is 0.346 e. The number of carboxylic acids is 1. The first kappa shape index (κ1) is 20.4. The summed E-state index contributed by atoms with van der Waals surface area (Å²) in [4.78, 5) is 13.0. The molecule has 4 nitrogen and oxygen atoms in total. The maximum Gasteiger partial charge on any atom is 0.346 e. The highest BCUT2D eigenvalue weighted by Crippen LogP contribution is 2.34. The van der Waals surface area contributed by atoms with E-state index < -0.39 is 5.97 Å². The second-order valence-corrected chi connectivity index (χ2v) is 6.41. The van der Waals surface area contributed by atoms with Crippen LogP contribution in [0.4, 0.5) is 17.1 Å². The molecule has 0 aliphatic heterocycles. The quantitative estimate of drug-likeness (QED) is 0.289. The molecule has 0 spiro atoms. The molecule has 0 aromatic heterocycles. The summed E-state index contributed by atoms with van der Waals surface area (Å²) in [5.41, 5.74) is 4.70. The van der Waals surface area contributed by atoms with Crippen molar-refractivity contribution in [1.29, 1.82) is 5.26 Å². The molecule has 0 atom stereocenters. The number of carboxylic acid groups (broad SMARTS) is 1. The number of aliphatic carboxylic acids is 1. The Morgan fingerprint density at radius 3 is 1.90 bits per heavy atom. The lowest BCUT2D eigenvalue weighted by Crippen LogP contribution is -2.09. The summed E-state index contributed by atoms with van der Waals surface area (Å²) in [6.45, 7) is 3.81. The van der Waals surface area contributed by atoms with E-state index in [2.05, 4.69) is 35.7 Å². The lowest BCUT2D eigenvalue weighted by Gasteiger charge is -2.25. The normalized spacial score (nSPS) is 11.1. The fourth-order valence-electron chi connectivity index (χ4n) is 2.93. The van der Waals surface area contributed by atoms with Crippen molar-refractivity contribution in [1.82, 2.24) is 0 Å². The van der Waals surface area contributed by atoms with Gasteiger partial charge in [0.2, 0.25) is 0 Å². The first-order valence-electron chi connectivity index (χ1n) is 9.32. The van der Waals surface area contributed by atoms with E-state index in [1.54, 1.807) is 18.2 Å². The topological polar surface area (TPSA) is 64.3 Å². The van der Waals surface area contributed by atoms with Gasteiger partial charge in [0, 0.05) is 17.1 Å². The molecule has 0 saturated heterocycles. The lowest BCUT2D eigenvalue weighted by molar-refractivity contribution is -0.132. The van der Waals surface area contributed by atoms with Crippen LogP contribution in [0.3, 0.4) is 0 Å². The van der Waals surface area contributed by atoms with Gasteiger partial charge < -0.3 is 10.0 Å². The van der Waals surface area contributed by atoms with E-state index in [4.69, 9.17) is 10.4 Å². The Bertz CT molecular complexity index is 1120. The van der Waals surface area contributed by atoms with Gasteiger partial charge in [-0.1, -0.05) is 67.3 Å². The Labute approximate surface area is 176 Å². The fourth-order valence-corrected chi connectivity index (χ4v) is 2.93. The highest BCUT2D eigenvalue weighted by molar-refractivity contribution is 5.91. The van der Waals surface area contributed by atoms with E-state index in [1.165, 1.54) is 6.08 Å². The molecule has 30 heavy (non-hydrogen) atoms. The molecule has 0 aliphatic carbocycles. The standard InChI is InChI=1S/C26H20N2O2/c1-2-20-11-15-24(16-12-20)28(23-9-4-3-5-10-23)25-17-13-21(14-18-25)7-6-8-22(19-27)26(29)30/h2-18H,1H2,(H,29,30)/b7-6+,22-8-. The minimum absolute atomic E-state index is 0.305. The van der Waals surface area contributed by atoms with E-state index in [9.17, 15) is 4.79 Å². The number of hydrogen-bond acceptors (Lipinski definition) is 3. The predicted molar refractivity (Wildman–Crippen MR) is 122 cm³/mol. The van der Waals surface area contributed by atoms with E-state index in [0.29, 0.717) is 0 Å². The number of hydrogen-bond donors (Lipinski definition) is 1. The molecule has 3 aromatic carbocycles. The summed E-state index contributed by atoms with van der Waals surface area (Å²) >= 11 is 0. The van der Waals surface area contributed by atoms with E-state index in [1.807, 2.05) is 60.7 Å². The van der Waals surface area contributed by atoms with Gasteiger partial charge in [-0.05, 0) is 53.6 Å². The number of para-hydroxylation sites is 1. The lowest BCUT2D eigenvalue weighted by atomic mass is 10.1. The number of carbonyl (C=O) groups is 1. The minimum atomic E-state index is -1.24. The number of rotatable bonds is 7. The Balaban J connectivity index is 1.92. The maximum absolute atomic E-state index is 10.9. The van der Waals surface area contributed by atoms with Crippen molar-refractivity contribution in [3.63, 3.8) is 0 Å². The molecule has 0 amide bonds. The number of nitrogens with zero attached hydrogens (tertiary/aromatic N) is 2. The fraction of sp³-hybridized carbons (Fsp3) is 0. The van der Waals surface area contributed by atoms with Gasteiger partial charge in [-0.25, -0.2) is 4.79 Å². The van der Waals surface area contributed by atoms with Gasteiger partial charge in [0.25, 0.3) is 0 Å². The van der Waals surface area contributed by atoms with Crippen LogP contribution in [0.1, 0.15) is 11.1 Å². The average Bonchev–Trinajstić information content (AvgIpc) is 2.79. The Morgan fingerprint density at radius 1 is 0.867 bits per heavy atom. The summed E-state index contributed by atoms with van der Waals surface area (Å²) < 4.78 is 0. The van der Waals surface area contributed by atoms with Gasteiger partial charge in [0.1, 0.15) is 11.6 Å². The SMILES string of the molecule is C=Cc1ccc(N(c2ccccc2)c2ccc(/C=C/C=C(/C#N)C(=O)O)cc2)cc1. The molecule has 0 unspecified atom stereocenters. The van der Waals surface area contributed by atoms with Crippen molar-refractivity contribution in [3.8, 4) is 6.07 Å². The molecule has 0 heterocycles. The number of nitriles is 1. The van der Waals surface area contributed by atoms with Crippen molar-refractivity contribution in [2.75, 3.05) is 4.90 Å². The number of benzene rings is 3. The molecule has 4 heteroatoms. The predicted octanol–water partition coefficient (Wildman–Crippen LogP) is 6.35. The van der Waals surface area contributed by atoms with E-state index in [-0.39, 0.29) is 5.57 Å². The van der Waals surface area contributed by atoms with Crippen LogP contribution >= 0.6 is 0 Å². The monoisotopic (exact) mass is 392 g/mol. The molecular formula is C26H20N2O2. The molecule has 0 bridgehead atoms. The number of allylic oxidation sites excluding steroid dienone is 2. The molecule has 0 aliphatic rings. The zero-order valence-electron chi connectivity index (χ0n) is 16.3. The van der Waals surface area contributed by atoms with E-state index in [0.717, 1.165) is 28.2 Å². The second-order valence-electron chi connectivity index (χ2n) is 6.41. The van der Waals surface area contributed by atoms with Crippen LogP contribution in [0.25, 0.3) is 12.2 Å². The summed E-state index contributed by atoms with van der Waals surface area (Å²) in [7, 11) is 0. The first-order chi connectivity index (χ1) is 14.6. The molecule has 146 valence electrons. The molecule has 0 saturated carbocycles. The molecule has 3 aromatic rings. The Morgan fingerprint density at radius 2 is 1.40 bits per heavy atom. The van der Waals surface area contributed by atoms with Gasteiger partial charge in [-0.15, -0.1) is 0 Å². The van der Waals surface area contributed by atoms with Gasteiger partial charge in [-0.3, -0.25) is 0 Å². The van der Waals surface area contributed by atoms with Crippen LogP contribution in [0.15, 0.2) is 103 Å². The van der Waals surface area contributed by atoms with Crippen molar-refractivity contribution < 1.29 is 9.90 Å². The van der Waals surface area contributed by atoms with E-state index >= 15 is 0 Å². The molecule has 0 fully saturated rings. The Kier molecular flexibility index (Phi) is 6.60. The van der Waals surface area contributed by atoms with Gasteiger partial charge in [0.05, 0.1) is 0 Å². The number of anilines is 3. The maximum atomic E-state index is 10.9. The third-order valence-corrected chi connectivity index (χ3v) is 4.46. The van der Waals surface area contributed by atoms with Crippen LogP contribution in [0.5, 0.6) is 0 Å². The summed E-state index contributed by atoms with van der Waals surface area (Å²) in [6, 6.07) is 27.8. The molecule has 1 N–H and O–H groups in total. The van der Waals surface area contributed by atoms with Gasteiger partial charge >= 0.3 is 5.97 Å². The van der Waals surface area contributed by atoms with Crippen LogP contribution < -0.4 is 4.90 Å². The van der Waals surface area contributed by atoms with Gasteiger partial charge in [-0.2, -0.15) is 5.26 Å².